The number of carbonyl (C=O) groups is 1. The van der Waals surface area contributed by atoms with Gasteiger partial charge in [-0.3, -0.25) is 9.80 Å². The van der Waals surface area contributed by atoms with Crippen LogP contribution in [0.4, 0.5) is 5.69 Å². The molecule has 1 heterocycles. The van der Waals surface area contributed by atoms with Gasteiger partial charge in [0.25, 0.3) is 0 Å². The summed E-state index contributed by atoms with van der Waals surface area (Å²) < 4.78 is 29.4. The molecule has 1 atom stereocenters. The van der Waals surface area contributed by atoms with Gasteiger partial charge in [-0.05, 0) is 17.5 Å². The molecule has 0 spiro atoms. The monoisotopic (exact) mass is 327 g/mol. The molecule has 1 aliphatic rings. The van der Waals surface area contributed by atoms with Crippen LogP contribution in [0.5, 0.6) is 0 Å². The summed E-state index contributed by atoms with van der Waals surface area (Å²) in [5, 5.41) is 1.66. The van der Waals surface area contributed by atoms with Crippen molar-refractivity contribution in [3.63, 3.8) is 0 Å². The lowest BCUT2D eigenvalue weighted by atomic mass is 10.1. The zero-order valence-corrected chi connectivity index (χ0v) is 13.8. The molecular weight excluding hydrogens is 306 g/mol. The van der Waals surface area contributed by atoms with Gasteiger partial charge in [0, 0.05) is 13.5 Å². The fourth-order valence-electron chi connectivity index (χ4n) is 2.02. The molecule has 1 N–H and O–H groups in total. The Labute approximate surface area is 131 Å². The van der Waals surface area contributed by atoms with Crippen molar-refractivity contribution in [3.8, 4) is 0 Å². The fourth-order valence-corrected chi connectivity index (χ4v) is 2.63. The summed E-state index contributed by atoms with van der Waals surface area (Å²) in [5.74, 6) is -0.657. The van der Waals surface area contributed by atoms with Crippen molar-refractivity contribution in [2.24, 2.45) is 5.92 Å². The van der Waals surface area contributed by atoms with Gasteiger partial charge < -0.3 is 4.18 Å². The van der Waals surface area contributed by atoms with E-state index in [-0.39, 0.29) is 12.3 Å². The molecule has 0 saturated carbocycles. The van der Waals surface area contributed by atoms with Crippen molar-refractivity contribution in [2.75, 3.05) is 12.1 Å². The second kappa shape index (κ2) is 6.64. The molecule has 1 aromatic carbocycles. The minimum atomic E-state index is -4.16. The Hall–Kier alpha value is -1.64. The molecule has 7 nitrogen and oxygen atoms in total. The highest BCUT2D eigenvalue weighted by Crippen LogP contribution is 2.30. The number of rotatable bonds is 7. The number of para-hydroxylation sites is 1. The third-order valence-corrected chi connectivity index (χ3v) is 4.77. The number of nitrogens with zero attached hydrogens (tertiary/aromatic N) is 2. The minimum Gasteiger partial charge on any atom is -0.333 e. The summed E-state index contributed by atoms with van der Waals surface area (Å²) in [6.45, 7) is 4.38. The van der Waals surface area contributed by atoms with Gasteiger partial charge in [0.15, 0.2) is 0 Å². The van der Waals surface area contributed by atoms with E-state index in [2.05, 4.69) is 9.72 Å². The zero-order chi connectivity index (χ0) is 16.3. The van der Waals surface area contributed by atoms with Crippen molar-refractivity contribution >= 4 is 22.0 Å². The predicted octanol–water partition coefficient (Wildman–Crippen LogP) is 1.58. The first-order valence-corrected chi connectivity index (χ1v) is 8.53. The maximum absolute atomic E-state index is 12.0. The molecule has 0 aliphatic carbocycles. The average molecular weight is 327 g/mol. The molecule has 8 heteroatoms. The lowest BCUT2D eigenvalue weighted by Crippen LogP contribution is -2.54. The third-order valence-electron chi connectivity index (χ3n) is 3.62. The summed E-state index contributed by atoms with van der Waals surface area (Å²) in [6.07, 6.45) is 0.865. The molecule has 0 radical (unpaired) electrons. The molecule has 2 rings (SSSR count). The molecule has 0 aromatic heterocycles. The number of anilines is 1. The van der Waals surface area contributed by atoms with Gasteiger partial charge in [-0.25, -0.2) is 0 Å². The number of benzene rings is 1. The molecule has 122 valence electrons. The second-order valence-electron chi connectivity index (χ2n) is 5.41. The quantitative estimate of drug-likeness (QED) is 0.766. The average Bonchev–Trinajstić information content (AvgIpc) is 2.43. The summed E-state index contributed by atoms with van der Waals surface area (Å²) in [6, 6.07) is 7.63. The fraction of sp³-hybridized carbons (Fsp3) is 0.500. The number of hydrogen-bond donors (Lipinski definition) is 1. The molecule has 22 heavy (non-hydrogen) atoms. The number of nitrogens with one attached hydrogen (secondary N) is 1. The van der Waals surface area contributed by atoms with Crippen LogP contribution < -0.4 is 10.5 Å². The van der Waals surface area contributed by atoms with E-state index < -0.39 is 16.3 Å². The van der Waals surface area contributed by atoms with Crippen LogP contribution in [0.25, 0.3) is 0 Å². The van der Waals surface area contributed by atoms with E-state index >= 15 is 0 Å². The Morgan fingerprint density at radius 2 is 2.14 bits per heavy atom. The van der Waals surface area contributed by atoms with Crippen molar-refractivity contribution < 1.29 is 17.4 Å². The molecule has 0 saturated heterocycles. The summed E-state index contributed by atoms with van der Waals surface area (Å²) >= 11 is 0. The van der Waals surface area contributed by atoms with Gasteiger partial charge in [0.1, 0.15) is 0 Å². The van der Waals surface area contributed by atoms with E-state index in [4.69, 9.17) is 0 Å². The largest absolute Gasteiger partial charge is 0.401 e. The van der Waals surface area contributed by atoms with Crippen molar-refractivity contribution in [1.82, 2.24) is 9.95 Å². The summed E-state index contributed by atoms with van der Waals surface area (Å²) in [5.41, 5.74) is 4.71. The van der Waals surface area contributed by atoms with Crippen LogP contribution in [0.15, 0.2) is 24.3 Å². The first-order chi connectivity index (χ1) is 10.3. The highest BCUT2D eigenvalue weighted by Gasteiger charge is 2.29. The van der Waals surface area contributed by atoms with E-state index in [9.17, 15) is 13.2 Å². The predicted molar refractivity (Wildman–Crippen MR) is 82.6 cm³/mol. The van der Waals surface area contributed by atoms with Gasteiger partial charge in [-0.1, -0.05) is 42.9 Å². The first-order valence-electron chi connectivity index (χ1n) is 7.16. The zero-order valence-electron chi connectivity index (χ0n) is 12.9. The van der Waals surface area contributed by atoms with Crippen LogP contribution >= 0.6 is 0 Å². The number of fused-ring (bicyclic) bond motifs is 1. The van der Waals surface area contributed by atoms with Crippen LogP contribution in [-0.2, 0) is 25.8 Å². The highest BCUT2D eigenvalue weighted by molar-refractivity contribution is 7.84. The molecule has 1 aromatic rings. The van der Waals surface area contributed by atoms with Gasteiger partial charge in [-0.2, -0.15) is 14.0 Å². The summed E-state index contributed by atoms with van der Waals surface area (Å²) in [7, 11) is -2.86. The Kier molecular flexibility index (Phi) is 5.05. The maximum atomic E-state index is 12.0. The Morgan fingerprint density at radius 1 is 1.45 bits per heavy atom. The van der Waals surface area contributed by atoms with Crippen LogP contribution in [0.1, 0.15) is 32.3 Å². The topological polar surface area (TPSA) is 79.0 Å². The number of hydrazine groups is 2. The van der Waals surface area contributed by atoms with E-state index in [0.717, 1.165) is 22.1 Å². The van der Waals surface area contributed by atoms with Crippen LogP contribution in [0.2, 0.25) is 0 Å². The molecule has 0 amide bonds. The lowest BCUT2D eigenvalue weighted by molar-refractivity contribution is -0.135. The van der Waals surface area contributed by atoms with Crippen LogP contribution in [0.3, 0.4) is 0 Å². The molecule has 0 fully saturated rings. The van der Waals surface area contributed by atoms with E-state index in [1.807, 2.05) is 38.1 Å². The Bertz CT molecular complexity index is 647. The van der Waals surface area contributed by atoms with Crippen LogP contribution in [0, 0.1) is 5.92 Å². The number of hydrogen-bond acceptors (Lipinski definition) is 6. The van der Waals surface area contributed by atoms with Crippen molar-refractivity contribution in [1.29, 1.82) is 0 Å². The second-order valence-corrected chi connectivity index (χ2v) is 6.98. The third kappa shape index (κ3) is 3.76. The van der Waals surface area contributed by atoms with E-state index in [1.54, 1.807) is 5.01 Å². The van der Waals surface area contributed by atoms with Gasteiger partial charge in [0.2, 0.25) is 0 Å². The molecular formula is C14H21N3O4S. The van der Waals surface area contributed by atoms with Gasteiger partial charge in [-0.15, -0.1) is 0 Å². The van der Waals surface area contributed by atoms with Gasteiger partial charge >= 0.3 is 16.3 Å². The first kappa shape index (κ1) is 16.7. The Morgan fingerprint density at radius 3 is 2.77 bits per heavy atom. The van der Waals surface area contributed by atoms with E-state index in [0.29, 0.717) is 6.54 Å². The van der Waals surface area contributed by atoms with Crippen molar-refractivity contribution in [3.05, 3.63) is 29.8 Å². The normalized spacial score (nSPS) is 15.2. The van der Waals surface area contributed by atoms with Crippen molar-refractivity contribution in [2.45, 2.75) is 33.2 Å². The standard InChI is InChI=1S/C14H21N3O4S/c1-4-11(2)9-14(18)21-22(19,20)16(3)15-17-10-12-7-5-6-8-13(12)17/h5-8,11,15H,4,9-10H2,1-3H3. The van der Waals surface area contributed by atoms with Gasteiger partial charge in [0.05, 0.1) is 12.2 Å². The Balaban J connectivity index is 1.92. The van der Waals surface area contributed by atoms with E-state index in [1.165, 1.54) is 7.05 Å². The summed E-state index contributed by atoms with van der Waals surface area (Å²) in [4.78, 5) is 11.6. The molecule has 1 unspecified atom stereocenters. The maximum Gasteiger partial charge on any atom is 0.401 e. The lowest BCUT2D eigenvalue weighted by Gasteiger charge is -2.37. The minimum absolute atomic E-state index is 0.0795. The smallest absolute Gasteiger partial charge is 0.333 e. The van der Waals surface area contributed by atoms with Crippen LogP contribution in [-0.4, -0.2) is 25.8 Å². The molecule has 0 bridgehead atoms. The molecule has 1 aliphatic heterocycles. The number of carbonyl (C=O) groups excluding carboxylic acids is 1. The SMILES string of the molecule is CCC(C)CC(=O)OS(=O)(=O)N(C)NN1Cc2ccccc21. The highest BCUT2D eigenvalue weighted by atomic mass is 32.2.